The molecule has 2 aromatic rings. The van der Waals surface area contributed by atoms with Crippen molar-refractivity contribution in [3.05, 3.63) is 53.9 Å². The largest absolute Gasteiger partial charge is 0.496 e. The lowest BCUT2D eigenvalue weighted by molar-refractivity contribution is 0.398. The number of nitrogens with one attached hydrogen (secondary N) is 1. The van der Waals surface area contributed by atoms with Gasteiger partial charge in [0.1, 0.15) is 11.6 Å². The third kappa shape index (κ3) is 2.31. The second kappa shape index (κ2) is 5.55. The Hall–Kier alpha value is -2.01. The van der Waals surface area contributed by atoms with E-state index in [4.69, 9.17) is 4.74 Å². The van der Waals surface area contributed by atoms with E-state index in [1.165, 1.54) is 13.2 Å². The van der Waals surface area contributed by atoms with Crippen molar-refractivity contribution in [1.82, 2.24) is 15.3 Å². The van der Waals surface area contributed by atoms with Gasteiger partial charge in [-0.05, 0) is 19.2 Å². The number of halogens is 1. The van der Waals surface area contributed by atoms with E-state index in [2.05, 4.69) is 15.3 Å². The van der Waals surface area contributed by atoms with Gasteiger partial charge in [-0.3, -0.25) is 9.97 Å². The summed E-state index contributed by atoms with van der Waals surface area (Å²) in [6, 6.07) is 4.34. The smallest absolute Gasteiger partial charge is 0.132 e. The average molecular weight is 247 g/mol. The normalized spacial score (nSPS) is 12.2. The van der Waals surface area contributed by atoms with Gasteiger partial charge in [-0.1, -0.05) is 6.07 Å². The lowest BCUT2D eigenvalue weighted by Crippen LogP contribution is -2.21. The quantitative estimate of drug-likeness (QED) is 0.896. The molecule has 4 nitrogen and oxygen atoms in total. The Bertz CT molecular complexity index is 519. The molecule has 1 aromatic carbocycles. The highest BCUT2D eigenvalue weighted by Gasteiger charge is 2.21. The minimum absolute atomic E-state index is 0.334. The van der Waals surface area contributed by atoms with Gasteiger partial charge in [-0.2, -0.15) is 0 Å². The number of methoxy groups -OCH3 is 1. The van der Waals surface area contributed by atoms with E-state index >= 15 is 0 Å². The molecule has 1 unspecified atom stereocenters. The maximum absolute atomic E-state index is 14.0. The van der Waals surface area contributed by atoms with Crippen molar-refractivity contribution in [1.29, 1.82) is 0 Å². The summed E-state index contributed by atoms with van der Waals surface area (Å²) in [5.41, 5.74) is 1.08. The zero-order valence-electron chi connectivity index (χ0n) is 10.2. The highest BCUT2D eigenvalue weighted by molar-refractivity contribution is 5.40. The van der Waals surface area contributed by atoms with Crippen LogP contribution in [0.3, 0.4) is 0 Å². The summed E-state index contributed by atoms with van der Waals surface area (Å²) in [4.78, 5) is 8.19. The molecular weight excluding hydrogens is 233 g/mol. The van der Waals surface area contributed by atoms with Gasteiger partial charge in [-0.25, -0.2) is 4.39 Å². The molecule has 1 atom stereocenters. The average Bonchev–Trinajstić information content (AvgIpc) is 2.42. The lowest BCUT2D eigenvalue weighted by Gasteiger charge is -2.19. The van der Waals surface area contributed by atoms with Crippen LogP contribution in [0, 0.1) is 5.82 Å². The standard InChI is InChI=1S/C13H14FN3O/c1-15-13(10-8-16-6-7-17-10)12-9(14)4-3-5-11(12)18-2/h3-8,13,15H,1-2H3. The van der Waals surface area contributed by atoms with Gasteiger partial charge in [0, 0.05) is 12.4 Å². The van der Waals surface area contributed by atoms with E-state index in [-0.39, 0.29) is 5.82 Å². The third-order valence-corrected chi connectivity index (χ3v) is 2.69. The van der Waals surface area contributed by atoms with Crippen LogP contribution in [-0.4, -0.2) is 24.1 Å². The molecule has 0 aliphatic carbocycles. The fourth-order valence-electron chi connectivity index (χ4n) is 1.88. The molecule has 1 heterocycles. The molecule has 0 aliphatic heterocycles. The second-order valence-electron chi connectivity index (χ2n) is 3.71. The molecule has 0 saturated heterocycles. The van der Waals surface area contributed by atoms with Crippen molar-refractivity contribution in [3.63, 3.8) is 0 Å². The first-order valence-electron chi connectivity index (χ1n) is 5.53. The van der Waals surface area contributed by atoms with Crippen LogP contribution in [0.2, 0.25) is 0 Å². The molecule has 94 valence electrons. The van der Waals surface area contributed by atoms with Crippen molar-refractivity contribution < 1.29 is 9.13 Å². The highest BCUT2D eigenvalue weighted by Crippen LogP contribution is 2.30. The Morgan fingerprint density at radius 2 is 2.17 bits per heavy atom. The van der Waals surface area contributed by atoms with Crippen molar-refractivity contribution in [2.75, 3.05) is 14.2 Å². The Balaban J connectivity index is 2.52. The Morgan fingerprint density at radius 3 is 2.78 bits per heavy atom. The van der Waals surface area contributed by atoms with Crippen LogP contribution in [-0.2, 0) is 0 Å². The fourth-order valence-corrected chi connectivity index (χ4v) is 1.88. The van der Waals surface area contributed by atoms with Gasteiger partial charge in [0.2, 0.25) is 0 Å². The summed E-state index contributed by atoms with van der Waals surface area (Å²) < 4.78 is 19.2. The Labute approximate surface area is 105 Å². The van der Waals surface area contributed by atoms with Crippen LogP contribution in [0.15, 0.2) is 36.8 Å². The number of benzene rings is 1. The maximum Gasteiger partial charge on any atom is 0.132 e. The summed E-state index contributed by atoms with van der Waals surface area (Å²) in [6.07, 6.45) is 4.76. The van der Waals surface area contributed by atoms with Crippen molar-refractivity contribution >= 4 is 0 Å². The van der Waals surface area contributed by atoms with E-state index in [1.807, 2.05) is 0 Å². The zero-order chi connectivity index (χ0) is 13.0. The van der Waals surface area contributed by atoms with E-state index in [9.17, 15) is 4.39 Å². The van der Waals surface area contributed by atoms with Gasteiger partial charge in [0.15, 0.2) is 0 Å². The van der Waals surface area contributed by atoms with Gasteiger partial charge >= 0.3 is 0 Å². The number of hydrogen-bond donors (Lipinski definition) is 1. The van der Waals surface area contributed by atoms with Crippen LogP contribution >= 0.6 is 0 Å². The molecule has 5 heteroatoms. The molecule has 18 heavy (non-hydrogen) atoms. The fraction of sp³-hybridized carbons (Fsp3) is 0.231. The van der Waals surface area contributed by atoms with Crippen molar-refractivity contribution in [3.8, 4) is 5.75 Å². The van der Waals surface area contributed by atoms with Crippen LogP contribution < -0.4 is 10.1 Å². The van der Waals surface area contributed by atoms with E-state index < -0.39 is 6.04 Å². The first-order chi connectivity index (χ1) is 8.77. The molecule has 0 spiro atoms. The zero-order valence-corrected chi connectivity index (χ0v) is 10.2. The first-order valence-corrected chi connectivity index (χ1v) is 5.53. The second-order valence-corrected chi connectivity index (χ2v) is 3.71. The van der Waals surface area contributed by atoms with E-state index in [0.717, 1.165) is 0 Å². The monoisotopic (exact) mass is 247 g/mol. The molecular formula is C13H14FN3O. The van der Waals surface area contributed by atoms with Crippen molar-refractivity contribution in [2.24, 2.45) is 0 Å². The highest BCUT2D eigenvalue weighted by atomic mass is 19.1. The summed E-state index contributed by atoms with van der Waals surface area (Å²) in [7, 11) is 3.26. The predicted octanol–water partition coefficient (Wildman–Crippen LogP) is 1.93. The SMILES string of the molecule is CNC(c1cnccn1)c1c(F)cccc1OC. The molecule has 2 rings (SSSR count). The molecule has 0 saturated carbocycles. The van der Waals surface area contributed by atoms with Crippen LogP contribution in [0.5, 0.6) is 5.75 Å². The molecule has 1 aromatic heterocycles. The number of rotatable bonds is 4. The molecule has 0 bridgehead atoms. The summed E-state index contributed by atoms with van der Waals surface area (Å²) in [5, 5.41) is 3.03. The summed E-state index contributed by atoms with van der Waals surface area (Å²) in [6.45, 7) is 0. The van der Waals surface area contributed by atoms with Crippen LogP contribution in [0.1, 0.15) is 17.3 Å². The van der Waals surface area contributed by atoms with Crippen LogP contribution in [0.4, 0.5) is 4.39 Å². The number of ether oxygens (including phenoxy) is 1. The van der Waals surface area contributed by atoms with Gasteiger partial charge in [-0.15, -0.1) is 0 Å². The summed E-state index contributed by atoms with van der Waals surface area (Å²) in [5.74, 6) is 0.152. The van der Waals surface area contributed by atoms with Gasteiger partial charge in [0.05, 0.1) is 30.6 Å². The van der Waals surface area contributed by atoms with E-state index in [0.29, 0.717) is 17.0 Å². The van der Waals surface area contributed by atoms with Gasteiger partial charge in [0.25, 0.3) is 0 Å². The minimum atomic E-state index is -0.394. The predicted molar refractivity (Wildman–Crippen MR) is 65.9 cm³/mol. The Kier molecular flexibility index (Phi) is 3.84. The minimum Gasteiger partial charge on any atom is -0.496 e. The van der Waals surface area contributed by atoms with Gasteiger partial charge < -0.3 is 10.1 Å². The first kappa shape index (κ1) is 12.4. The van der Waals surface area contributed by atoms with Crippen LogP contribution in [0.25, 0.3) is 0 Å². The molecule has 0 aliphatic rings. The molecule has 0 amide bonds. The topological polar surface area (TPSA) is 47.0 Å². The molecule has 0 radical (unpaired) electrons. The van der Waals surface area contributed by atoms with Crippen molar-refractivity contribution in [2.45, 2.75) is 6.04 Å². The number of nitrogens with zero attached hydrogens (tertiary/aromatic N) is 2. The number of hydrogen-bond acceptors (Lipinski definition) is 4. The molecule has 1 N–H and O–H groups in total. The summed E-state index contributed by atoms with van der Waals surface area (Å²) >= 11 is 0. The Morgan fingerprint density at radius 1 is 1.33 bits per heavy atom. The van der Waals surface area contributed by atoms with E-state index in [1.54, 1.807) is 37.8 Å². The third-order valence-electron chi connectivity index (χ3n) is 2.69. The lowest BCUT2D eigenvalue weighted by atomic mass is 10.0. The maximum atomic E-state index is 14.0. The number of aromatic nitrogens is 2. The molecule has 0 fully saturated rings.